The first-order chi connectivity index (χ1) is 26.8. The van der Waals surface area contributed by atoms with E-state index in [0.29, 0.717) is 5.82 Å². The van der Waals surface area contributed by atoms with Gasteiger partial charge in [-0.3, -0.25) is 0 Å². The van der Waals surface area contributed by atoms with Crippen molar-refractivity contribution in [2.45, 2.75) is 18.3 Å². The van der Waals surface area contributed by atoms with Gasteiger partial charge in [-0.05, 0) is 70.0 Å². The average Bonchev–Trinajstić information content (AvgIpc) is 3.54. The van der Waals surface area contributed by atoms with Gasteiger partial charge in [0.25, 0.3) is 0 Å². The number of fused-ring (bicyclic) bond motifs is 10. The molecule has 1 spiro atoms. The van der Waals surface area contributed by atoms with E-state index in [1.165, 1.54) is 33.4 Å². The van der Waals surface area contributed by atoms with E-state index in [4.69, 9.17) is 14.7 Å². The van der Waals surface area contributed by atoms with Crippen LogP contribution >= 0.6 is 0 Å². The Morgan fingerprint density at radius 1 is 0.481 bits per heavy atom. The van der Waals surface area contributed by atoms with Crippen LogP contribution in [0.3, 0.4) is 0 Å². The summed E-state index contributed by atoms with van der Waals surface area (Å²) in [6.45, 7) is 0. The zero-order chi connectivity index (χ0) is 35.6. The fourth-order valence-electron chi connectivity index (χ4n) is 9.01. The summed E-state index contributed by atoms with van der Waals surface area (Å²) in [5.74, 6) is 2.45. The Hall–Kier alpha value is -6.84. The SMILES string of the molecule is C1=CC(c2ccc(-c3nc(-c4cccc(-c5cccc6c5Oc5ccccc5C65c6ccccc6-c6ccccc65)c4)nc4ccccc34)cc2)=CCC1. The zero-order valence-electron chi connectivity index (χ0n) is 29.5. The van der Waals surface area contributed by atoms with Crippen LogP contribution in [0.1, 0.15) is 40.7 Å². The number of hydrogen-bond donors (Lipinski definition) is 0. The van der Waals surface area contributed by atoms with Gasteiger partial charge in [0.15, 0.2) is 5.82 Å². The van der Waals surface area contributed by atoms with E-state index in [1.807, 2.05) is 6.07 Å². The summed E-state index contributed by atoms with van der Waals surface area (Å²) in [5.41, 5.74) is 15.4. The van der Waals surface area contributed by atoms with Gasteiger partial charge in [-0.25, -0.2) is 9.97 Å². The molecule has 0 radical (unpaired) electrons. The molecule has 2 heterocycles. The zero-order valence-corrected chi connectivity index (χ0v) is 29.5. The number of para-hydroxylation sites is 3. The Morgan fingerprint density at radius 2 is 1.13 bits per heavy atom. The van der Waals surface area contributed by atoms with Crippen molar-refractivity contribution >= 4 is 16.5 Å². The molecule has 2 aliphatic carbocycles. The quantitative estimate of drug-likeness (QED) is 0.184. The molecule has 3 nitrogen and oxygen atoms in total. The van der Waals surface area contributed by atoms with Crippen LogP contribution in [0.15, 0.2) is 182 Å². The van der Waals surface area contributed by atoms with Crippen molar-refractivity contribution in [3.63, 3.8) is 0 Å². The molecule has 254 valence electrons. The highest BCUT2D eigenvalue weighted by molar-refractivity contribution is 5.95. The van der Waals surface area contributed by atoms with Crippen molar-refractivity contribution < 1.29 is 4.74 Å². The van der Waals surface area contributed by atoms with Crippen LogP contribution in [0.25, 0.3) is 61.4 Å². The summed E-state index contributed by atoms with van der Waals surface area (Å²) in [5, 5.41) is 1.04. The molecular formula is C51H34N2O. The summed E-state index contributed by atoms with van der Waals surface area (Å²) in [4.78, 5) is 10.4. The number of benzene rings is 7. The monoisotopic (exact) mass is 690 g/mol. The maximum atomic E-state index is 6.97. The van der Waals surface area contributed by atoms with E-state index in [9.17, 15) is 0 Å². The lowest BCUT2D eigenvalue weighted by Crippen LogP contribution is -2.32. The van der Waals surface area contributed by atoms with E-state index >= 15 is 0 Å². The van der Waals surface area contributed by atoms with Crippen LogP contribution in [0, 0.1) is 0 Å². The second-order valence-electron chi connectivity index (χ2n) is 14.3. The first-order valence-corrected chi connectivity index (χ1v) is 18.7. The third-order valence-electron chi connectivity index (χ3n) is 11.4. The highest BCUT2D eigenvalue weighted by atomic mass is 16.5. The molecule has 0 N–H and O–H groups in total. The van der Waals surface area contributed by atoms with Crippen molar-refractivity contribution in [1.29, 1.82) is 0 Å². The summed E-state index contributed by atoms with van der Waals surface area (Å²) in [6, 6.07) is 58.5. The van der Waals surface area contributed by atoms with E-state index < -0.39 is 5.41 Å². The number of hydrogen-bond acceptors (Lipinski definition) is 3. The van der Waals surface area contributed by atoms with E-state index in [-0.39, 0.29) is 0 Å². The molecule has 8 aromatic rings. The van der Waals surface area contributed by atoms with Crippen LogP contribution in [-0.4, -0.2) is 9.97 Å². The summed E-state index contributed by atoms with van der Waals surface area (Å²) in [7, 11) is 0. The van der Waals surface area contributed by atoms with Gasteiger partial charge >= 0.3 is 0 Å². The number of rotatable bonds is 4. The van der Waals surface area contributed by atoms with Gasteiger partial charge < -0.3 is 4.74 Å². The molecule has 1 aromatic heterocycles. The fourth-order valence-corrected chi connectivity index (χ4v) is 9.01. The highest BCUT2D eigenvalue weighted by Gasteiger charge is 2.51. The summed E-state index contributed by atoms with van der Waals surface area (Å²) < 4.78 is 6.97. The van der Waals surface area contributed by atoms with Crippen LogP contribution in [-0.2, 0) is 5.41 Å². The van der Waals surface area contributed by atoms with E-state index in [2.05, 4.69) is 176 Å². The van der Waals surface area contributed by atoms with Gasteiger partial charge in [-0.1, -0.05) is 164 Å². The van der Waals surface area contributed by atoms with Crippen LogP contribution in [0.2, 0.25) is 0 Å². The van der Waals surface area contributed by atoms with Crippen LogP contribution in [0.4, 0.5) is 0 Å². The molecule has 54 heavy (non-hydrogen) atoms. The average molecular weight is 691 g/mol. The minimum absolute atomic E-state index is 0.513. The number of allylic oxidation sites excluding steroid dienone is 4. The Kier molecular flexibility index (Phi) is 6.90. The fraction of sp³-hybridized carbons (Fsp3) is 0.0588. The standard InChI is InChI=1S/C51H34N2O/c1-2-14-33(15-3-1)34-28-30-35(31-29-34)48-41-20-6-10-26-46(41)52-50(53-48)37-17-12-16-36(32-37)38-21-13-25-45-49(38)54-47-27-11-9-24-44(47)51(45)42-22-7-4-18-39(42)40-19-5-8-23-43(40)51/h2,4-32H,1,3H2. The van der Waals surface area contributed by atoms with Gasteiger partial charge in [0.05, 0.1) is 16.6 Å². The van der Waals surface area contributed by atoms with Crippen molar-refractivity contribution in [3.8, 4) is 56.4 Å². The minimum atomic E-state index is -0.513. The molecule has 1 aliphatic heterocycles. The predicted octanol–water partition coefficient (Wildman–Crippen LogP) is 12.8. The van der Waals surface area contributed by atoms with Crippen LogP contribution in [0.5, 0.6) is 11.5 Å². The molecule has 0 fully saturated rings. The molecule has 0 atom stereocenters. The molecule has 0 saturated heterocycles. The van der Waals surface area contributed by atoms with E-state index in [1.54, 1.807) is 0 Å². The van der Waals surface area contributed by atoms with Crippen LogP contribution < -0.4 is 4.74 Å². The molecular weight excluding hydrogens is 657 g/mol. The Morgan fingerprint density at radius 3 is 1.93 bits per heavy atom. The maximum Gasteiger partial charge on any atom is 0.160 e. The lowest BCUT2D eigenvalue weighted by Gasteiger charge is -2.40. The number of ether oxygens (including phenoxy) is 1. The maximum absolute atomic E-state index is 6.97. The third-order valence-corrected chi connectivity index (χ3v) is 11.4. The van der Waals surface area contributed by atoms with Crippen molar-refractivity contribution in [2.75, 3.05) is 0 Å². The molecule has 3 heteroatoms. The largest absolute Gasteiger partial charge is 0.456 e. The highest BCUT2D eigenvalue weighted by Crippen LogP contribution is 2.63. The summed E-state index contributed by atoms with van der Waals surface area (Å²) in [6.07, 6.45) is 8.99. The van der Waals surface area contributed by atoms with Gasteiger partial charge in [0.1, 0.15) is 11.5 Å². The lowest BCUT2D eigenvalue weighted by atomic mass is 9.65. The number of aromatic nitrogens is 2. The summed E-state index contributed by atoms with van der Waals surface area (Å²) >= 11 is 0. The molecule has 0 saturated carbocycles. The van der Waals surface area contributed by atoms with Crippen molar-refractivity contribution in [1.82, 2.24) is 9.97 Å². The molecule has 7 aromatic carbocycles. The van der Waals surface area contributed by atoms with Crippen molar-refractivity contribution in [3.05, 3.63) is 210 Å². The molecule has 3 aliphatic rings. The lowest BCUT2D eigenvalue weighted by molar-refractivity contribution is 0.438. The number of nitrogens with zero attached hydrogens (tertiary/aromatic N) is 2. The molecule has 0 bridgehead atoms. The Labute approximate surface area is 314 Å². The molecule has 11 rings (SSSR count). The smallest absolute Gasteiger partial charge is 0.160 e. The Balaban J connectivity index is 1.07. The second kappa shape index (κ2) is 12.1. The first kappa shape index (κ1) is 30.8. The minimum Gasteiger partial charge on any atom is -0.456 e. The van der Waals surface area contributed by atoms with Gasteiger partial charge in [0, 0.05) is 33.2 Å². The first-order valence-electron chi connectivity index (χ1n) is 18.7. The van der Waals surface area contributed by atoms with Gasteiger partial charge in [-0.2, -0.15) is 0 Å². The molecule has 0 unspecified atom stereocenters. The second-order valence-corrected chi connectivity index (χ2v) is 14.3. The Bertz CT molecular complexity index is 2820. The van der Waals surface area contributed by atoms with Gasteiger partial charge in [0.2, 0.25) is 0 Å². The van der Waals surface area contributed by atoms with Gasteiger partial charge in [-0.15, -0.1) is 0 Å². The third kappa shape index (κ3) is 4.55. The topological polar surface area (TPSA) is 35.0 Å². The predicted molar refractivity (Wildman–Crippen MR) is 220 cm³/mol. The molecule has 0 amide bonds. The normalized spacial score (nSPS) is 14.5. The van der Waals surface area contributed by atoms with Crippen molar-refractivity contribution in [2.24, 2.45) is 0 Å². The van der Waals surface area contributed by atoms with E-state index in [0.717, 1.165) is 74.3 Å².